The Morgan fingerprint density at radius 1 is 1.16 bits per heavy atom. The number of ether oxygens (including phenoxy) is 2. The number of hydrogen-bond acceptors (Lipinski definition) is 8. The molecule has 2 atom stereocenters. The second-order valence-corrected chi connectivity index (χ2v) is 12.0. The molecule has 0 radical (unpaired) electrons. The highest BCUT2D eigenvalue weighted by molar-refractivity contribution is 6.36. The van der Waals surface area contributed by atoms with Gasteiger partial charge >= 0.3 is 6.01 Å². The average Bonchev–Trinajstić information content (AvgIpc) is 3.05. The van der Waals surface area contributed by atoms with Crippen LogP contribution in [0.5, 0.6) is 6.01 Å². The molecule has 236 valence electrons. The third-order valence-electron chi connectivity index (χ3n) is 8.65. The van der Waals surface area contributed by atoms with Gasteiger partial charge in [-0.1, -0.05) is 35.9 Å². The van der Waals surface area contributed by atoms with Gasteiger partial charge in [0.05, 0.1) is 23.9 Å². The Kier molecular flexibility index (Phi) is 9.64. The van der Waals surface area contributed by atoms with Crippen molar-refractivity contribution in [2.75, 3.05) is 82.5 Å². The van der Waals surface area contributed by atoms with Crippen molar-refractivity contribution in [3.8, 4) is 6.01 Å². The first-order valence-corrected chi connectivity index (χ1v) is 15.7. The monoisotopic (exact) mass is 633 g/mol. The Morgan fingerprint density at radius 2 is 2.00 bits per heavy atom. The Hall–Kier alpha value is -3.98. The number of morpholine rings is 1. The minimum Gasteiger partial charge on any atom is -0.461 e. The van der Waals surface area contributed by atoms with Crippen molar-refractivity contribution in [3.05, 3.63) is 76.2 Å². The fourth-order valence-electron chi connectivity index (χ4n) is 6.44. The number of halogens is 2. The molecule has 1 unspecified atom stereocenters. The molecule has 3 aromatic rings. The molecule has 4 heterocycles. The van der Waals surface area contributed by atoms with Crippen LogP contribution in [0, 0.1) is 6.57 Å². The molecule has 1 amide bonds. The van der Waals surface area contributed by atoms with Crippen molar-refractivity contribution in [2.45, 2.75) is 25.1 Å². The van der Waals surface area contributed by atoms with E-state index < -0.39 is 6.67 Å². The van der Waals surface area contributed by atoms with E-state index in [4.69, 9.17) is 37.6 Å². The van der Waals surface area contributed by atoms with E-state index in [1.54, 1.807) is 4.90 Å². The van der Waals surface area contributed by atoms with Gasteiger partial charge in [-0.2, -0.15) is 9.97 Å². The van der Waals surface area contributed by atoms with Crippen LogP contribution in [0.3, 0.4) is 0 Å². The number of piperazine rings is 1. The number of carbonyl (C=O) groups is 1. The molecule has 0 aliphatic carbocycles. The molecule has 2 aromatic carbocycles. The molecule has 0 spiro atoms. The summed E-state index contributed by atoms with van der Waals surface area (Å²) in [4.78, 5) is 34.6. The normalized spacial score (nSPS) is 20.8. The van der Waals surface area contributed by atoms with E-state index in [9.17, 15) is 9.18 Å². The fourth-order valence-corrected chi connectivity index (χ4v) is 6.71. The summed E-state index contributed by atoms with van der Waals surface area (Å²) in [6.07, 6.45) is 3.07. The summed E-state index contributed by atoms with van der Waals surface area (Å²) < 4.78 is 24.8. The molecule has 0 bridgehead atoms. The van der Waals surface area contributed by atoms with Crippen LogP contribution in [-0.2, 0) is 22.5 Å². The Balaban J connectivity index is 1.31. The predicted molar refractivity (Wildman–Crippen MR) is 173 cm³/mol. The zero-order valence-corrected chi connectivity index (χ0v) is 26.1. The van der Waals surface area contributed by atoms with Gasteiger partial charge in [0.1, 0.15) is 31.2 Å². The lowest BCUT2D eigenvalue weighted by Gasteiger charge is -2.41. The smallest absolute Gasteiger partial charge is 0.318 e. The number of benzene rings is 2. The van der Waals surface area contributed by atoms with Gasteiger partial charge in [-0.25, -0.2) is 11.0 Å². The Morgan fingerprint density at radius 3 is 2.80 bits per heavy atom. The van der Waals surface area contributed by atoms with E-state index in [1.807, 2.05) is 18.2 Å². The quantitative estimate of drug-likeness (QED) is 0.272. The van der Waals surface area contributed by atoms with Crippen LogP contribution in [0.4, 0.5) is 15.9 Å². The van der Waals surface area contributed by atoms with E-state index in [1.165, 1.54) is 12.2 Å². The number of likely N-dealkylation sites (N-methyl/N-ethyl adjacent to an activating group) is 1. The maximum atomic E-state index is 12.8. The van der Waals surface area contributed by atoms with Crippen molar-refractivity contribution in [1.82, 2.24) is 19.8 Å². The molecule has 2 saturated heterocycles. The maximum absolute atomic E-state index is 12.8. The molecule has 0 N–H and O–H groups in total. The van der Waals surface area contributed by atoms with Crippen LogP contribution in [0.1, 0.15) is 11.3 Å². The molecule has 10 nitrogen and oxygen atoms in total. The molecule has 2 fully saturated rings. The van der Waals surface area contributed by atoms with E-state index >= 15 is 0 Å². The standard InChI is InChI=1S/C33H37ClFN7O3/c1-36-18-24-19-41(14-15-42(24)30(43)10-5-12-35)32-26-11-13-40(29-9-4-7-23-6-3-8-27(34)31(23)29)21-28(26)37-33(38-32)45-22-25-20-39(2)16-17-44-25/h3-10,24-25H,11-22H2,2H3/b10-5+/t24-,25?/m0/s1. The minimum absolute atomic E-state index is 0.0869. The van der Waals surface area contributed by atoms with E-state index in [-0.39, 0.29) is 30.6 Å². The second-order valence-electron chi connectivity index (χ2n) is 11.6. The van der Waals surface area contributed by atoms with Gasteiger partial charge in [0.25, 0.3) is 0 Å². The van der Waals surface area contributed by atoms with E-state index in [2.05, 4.69) is 44.8 Å². The van der Waals surface area contributed by atoms with Gasteiger partial charge in [0.2, 0.25) is 12.5 Å². The van der Waals surface area contributed by atoms with Crippen LogP contribution in [-0.4, -0.2) is 111 Å². The third-order valence-corrected chi connectivity index (χ3v) is 8.97. The van der Waals surface area contributed by atoms with Gasteiger partial charge < -0.3 is 33.9 Å². The fraction of sp³-hybridized carbons (Fsp3) is 0.455. The number of anilines is 2. The zero-order valence-electron chi connectivity index (χ0n) is 25.4. The number of aromatic nitrogens is 2. The summed E-state index contributed by atoms with van der Waals surface area (Å²) in [5, 5.41) is 2.80. The second kappa shape index (κ2) is 14.0. The van der Waals surface area contributed by atoms with Gasteiger partial charge in [0.15, 0.2) is 0 Å². The number of amides is 1. The largest absolute Gasteiger partial charge is 0.461 e. The predicted octanol–water partition coefficient (Wildman–Crippen LogP) is 4.02. The third kappa shape index (κ3) is 6.83. The first kappa shape index (κ1) is 31.0. The van der Waals surface area contributed by atoms with Gasteiger partial charge in [-0.3, -0.25) is 4.79 Å². The summed E-state index contributed by atoms with van der Waals surface area (Å²) in [5.41, 5.74) is 2.96. The number of hydrogen-bond donors (Lipinski definition) is 0. The lowest BCUT2D eigenvalue weighted by atomic mass is 10.0. The van der Waals surface area contributed by atoms with E-state index in [0.717, 1.165) is 53.2 Å². The Labute approximate surface area is 267 Å². The molecule has 3 aliphatic rings. The molecule has 0 saturated carbocycles. The van der Waals surface area contributed by atoms with Crippen molar-refractivity contribution < 1.29 is 18.7 Å². The lowest BCUT2D eigenvalue weighted by Crippen LogP contribution is -2.56. The molecular weight excluding hydrogens is 597 g/mol. The van der Waals surface area contributed by atoms with Crippen LogP contribution >= 0.6 is 11.6 Å². The number of rotatable bonds is 8. The molecule has 12 heteroatoms. The SMILES string of the molecule is [C-]#[N+]C[C@H]1CN(c2nc(OCC3CN(C)CCO3)nc3c2CCN(c2cccc4cccc(Cl)c24)C3)CCN1C(=O)/C=C/CF. The maximum Gasteiger partial charge on any atom is 0.318 e. The highest BCUT2D eigenvalue weighted by Crippen LogP contribution is 2.37. The van der Waals surface area contributed by atoms with Gasteiger partial charge in [-0.15, -0.1) is 0 Å². The number of alkyl halides is 1. The molecule has 6 rings (SSSR count). The summed E-state index contributed by atoms with van der Waals surface area (Å²) >= 11 is 6.69. The van der Waals surface area contributed by atoms with Crippen molar-refractivity contribution in [2.24, 2.45) is 0 Å². The highest BCUT2D eigenvalue weighted by Gasteiger charge is 2.35. The number of allylic oxidation sites excluding steroid dienone is 1. The summed E-state index contributed by atoms with van der Waals surface area (Å²) in [6, 6.07) is 12.1. The van der Waals surface area contributed by atoms with Crippen molar-refractivity contribution >= 4 is 39.8 Å². The molecule has 45 heavy (non-hydrogen) atoms. The van der Waals surface area contributed by atoms with Crippen LogP contribution < -0.4 is 14.5 Å². The topological polar surface area (TPSA) is 78.6 Å². The number of fused-ring (bicyclic) bond motifs is 2. The van der Waals surface area contributed by atoms with Crippen LogP contribution in [0.15, 0.2) is 48.6 Å². The summed E-state index contributed by atoms with van der Waals surface area (Å²) in [7, 11) is 2.06. The Bertz CT molecular complexity index is 1610. The van der Waals surface area contributed by atoms with Crippen molar-refractivity contribution in [3.63, 3.8) is 0 Å². The minimum atomic E-state index is -0.709. The van der Waals surface area contributed by atoms with Crippen LogP contribution in [0.2, 0.25) is 5.02 Å². The number of carbonyl (C=O) groups excluding carboxylic acids is 1. The van der Waals surface area contributed by atoms with Gasteiger partial charge in [0, 0.05) is 62.0 Å². The average molecular weight is 634 g/mol. The summed E-state index contributed by atoms with van der Waals surface area (Å²) in [5.74, 6) is 0.491. The highest BCUT2D eigenvalue weighted by atomic mass is 35.5. The molecule has 3 aliphatic heterocycles. The lowest BCUT2D eigenvalue weighted by molar-refractivity contribution is -0.128. The molecule has 1 aromatic heterocycles. The first-order chi connectivity index (χ1) is 21.9. The van der Waals surface area contributed by atoms with Crippen molar-refractivity contribution in [1.29, 1.82) is 0 Å². The van der Waals surface area contributed by atoms with Crippen LogP contribution in [0.25, 0.3) is 15.6 Å². The summed E-state index contributed by atoms with van der Waals surface area (Å²) in [6.45, 7) is 12.2. The first-order valence-electron chi connectivity index (χ1n) is 15.3. The zero-order chi connectivity index (χ0) is 31.3. The van der Waals surface area contributed by atoms with E-state index in [0.29, 0.717) is 50.8 Å². The molecular formula is C33H37ClFN7O3. The van der Waals surface area contributed by atoms with Gasteiger partial charge in [-0.05, 0) is 37.1 Å². The number of nitrogens with zero attached hydrogens (tertiary/aromatic N) is 7.